The molecule has 3 unspecified atom stereocenters. The lowest BCUT2D eigenvalue weighted by Gasteiger charge is -2.33. The highest BCUT2D eigenvalue weighted by Gasteiger charge is 2.59. The van der Waals surface area contributed by atoms with Gasteiger partial charge in [0, 0.05) is 11.6 Å². The van der Waals surface area contributed by atoms with Gasteiger partial charge in [0.15, 0.2) is 0 Å². The van der Waals surface area contributed by atoms with E-state index < -0.39 is 0 Å². The molecule has 15 heavy (non-hydrogen) atoms. The molecule has 1 aliphatic carbocycles. The molecule has 3 nitrogen and oxygen atoms in total. The number of allylic oxidation sites excluding steroid dienone is 1. The first-order valence-corrected chi connectivity index (χ1v) is 5.33. The summed E-state index contributed by atoms with van der Waals surface area (Å²) in [5, 5.41) is 0. The first kappa shape index (κ1) is 10.7. The Morgan fingerprint density at radius 2 is 2.20 bits per heavy atom. The highest BCUT2D eigenvalue weighted by atomic mass is 32.1. The lowest BCUT2D eigenvalue weighted by Crippen LogP contribution is -2.41. The van der Waals surface area contributed by atoms with Crippen LogP contribution in [0.3, 0.4) is 0 Å². The fourth-order valence-electron chi connectivity index (χ4n) is 3.29. The zero-order chi connectivity index (χ0) is 9.87. The maximum atomic E-state index is 11.8. The van der Waals surface area contributed by atoms with Crippen LogP contribution >= 0.6 is 13.5 Å². The summed E-state index contributed by atoms with van der Waals surface area (Å²) in [7, 11) is 0. The van der Waals surface area contributed by atoms with Gasteiger partial charge in [0.1, 0.15) is 0 Å². The molecular weight excluding hydrogens is 210 g/mol. The summed E-state index contributed by atoms with van der Waals surface area (Å²) in [5.41, 5.74) is 0.788. The highest BCUT2D eigenvalue weighted by molar-refractivity contribution is 7.59. The van der Waals surface area contributed by atoms with E-state index in [1.54, 1.807) is 0 Å². The van der Waals surface area contributed by atoms with Crippen LogP contribution in [0.5, 0.6) is 0 Å². The second kappa shape index (κ2) is 3.37. The van der Waals surface area contributed by atoms with Gasteiger partial charge in [-0.25, -0.2) is 0 Å². The van der Waals surface area contributed by atoms with Gasteiger partial charge in [-0.15, -0.1) is 0 Å². The zero-order valence-corrected chi connectivity index (χ0v) is 9.69. The van der Waals surface area contributed by atoms with Gasteiger partial charge >= 0.3 is 0 Å². The average Bonchev–Trinajstić information content (AvgIpc) is 2.61. The maximum absolute atomic E-state index is 11.8. The van der Waals surface area contributed by atoms with Gasteiger partial charge in [-0.3, -0.25) is 14.5 Å². The Morgan fingerprint density at radius 1 is 1.47 bits per heavy atom. The van der Waals surface area contributed by atoms with Crippen molar-refractivity contribution in [2.45, 2.75) is 32.2 Å². The van der Waals surface area contributed by atoms with E-state index in [0.29, 0.717) is 5.92 Å². The topological polar surface area (TPSA) is 37.4 Å². The second-order valence-electron chi connectivity index (χ2n) is 4.37. The van der Waals surface area contributed by atoms with Crippen LogP contribution in [-0.4, -0.2) is 22.8 Å². The normalized spacial score (nSPS) is 36.7. The molecule has 0 aromatic heterocycles. The molecule has 3 atom stereocenters. The van der Waals surface area contributed by atoms with Crippen molar-refractivity contribution >= 4 is 25.3 Å². The fraction of sp³-hybridized carbons (Fsp3) is 0.636. The minimum Gasteiger partial charge on any atom is -0.275 e. The number of fused-ring (bicyclic) bond motifs is 1. The van der Waals surface area contributed by atoms with Gasteiger partial charge in [-0.05, 0) is 25.2 Å². The summed E-state index contributed by atoms with van der Waals surface area (Å²) in [5.74, 6) is 0.409. The Labute approximate surface area is 96.0 Å². The number of nitrogens with zero attached hydrogens (tertiary/aromatic N) is 1. The quantitative estimate of drug-likeness (QED) is 0.629. The van der Waals surface area contributed by atoms with Gasteiger partial charge in [-0.2, -0.15) is 13.5 Å². The number of carbonyl (C=O) groups is 2. The third-order valence-electron chi connectivity index (χ3n) is 3.84. The van der Waals surface area contributed by atoms with Crippen molar-refractivity contribution in [2.24, 2.45) is 11.8 Å². The van der Waals surface area contributed by atoms with Gasteiger partial charge in [0.05, 0.1) is 5.92 Å². The molecule has 2 saturated heterocycles. The summed E-state index contributed by atoms with van der Waals surface area (Å²) in [6.45, 7) is 2.06. The van der Waals surface area contributed by atoms with Gasteiger partial charge in [0.25, 0.3) is 5.91 Å². The van der Waals surface area contributed by atoms with Gasteiger partial charge in [0.2, 0.25) is 5.91 Å². The lowest BCUT2D eigenvalue weighted by atomic mass is 9.75. The van der Waals surface area contributed by atoms with E-state index in [9.17, 15) is 9.59 Å². The number of hydrogen-bond acceptors (Lipinski definition) is 2. The zero-order valence-electron chi connectivity index (χ0n) is 8.69. The van der Waals surface area contributed by atoms with Crippen molar-refractivity contribution in [3.8, 4) is 0 Å². The van der Waals surface area contributed by atoms with Crippen molar-refractivity contribution in [1.29, 1.82) is 0 Å². The minimum absolute atomic E-state index is 0. The Bertz CT molecular complexity index is 364. The minimum atomic E-state index is -0.0683. The van der Waals surface area contributed by atoms with Crippen LogP contribution in [0.4, 0.5) is 0 Å². The molecule has 0 N–H and O–H groups in total. The van der Waals surface area contributed by atoms with Crippen molar-refractivity contribution in [3.63, 3.8) is 0 Å². The molecule has 0 aromatic rings. The van der Waals surface area contributed by atoms with E-state index >= 15 is 0 Å². The van der Waals surface area contributed by atoms with Crippen LogP contribution in [0.2, 0.25) is 0 Å². The molecule has 0 radical (unpaired) electrons. The fourth-order valence-corrected chi connectivity index (χ4v) is 3.29. The van der Waals surface area contributed by atoms with Gasteiger partial charge < -0.3 is 0 Å². The standard InChI is InChI=1S/C11H13NO2.H2S/c1-2-8-6-4-3-5-7-9(6)11(14)12(8)10(7)13;/h5-6,8-9H,2-4H2,1H3;1H2. The number of carbonyl (C=O) groups excluding carboxylic acids is 2. The number of imide groups is 1. The third-order valence-corrected chi connectivity index (χ3v) is 3.84. The van der Waals surface area contributed by atoms with E-state index in [1.165, 1.54) is 4.90 Å². The molecule has 3 aliphatic rings. The van der Waals surface area contributed by atoms with Crippen molar-refractivity contribution in [3.05, 3.63) is 11.6 Å². The van der Waals surface area contributed by atoms with E-state index in [-0.39, 0.29) is 37.3 Å². The van der Waals surface area contributed by atoms with E-state index in [1.807, 2.05) is 6.08 Å². The number of rotatable bonds is 1. The summed E-state index contributed by atoms with van der Waals surface area (Å²) in [6, 6.07) is 0.192. The molecule has 82 valence electrons. The molecule has 4 heteroatoms. The van der Waals surface area contributed by atoms with Crippen LogP contribution < -0.4 is 0 Å². The largest absolute Gasteiger partial charge is 0.275 e. The Hall–Kier alpha value is -0.770. The molecule has 2 aliphatic heterocycles. The SMILES string of the molecule is CCC1C2CCC=C3C(=O)N1C(=O)C32.S. The first-order chi connectivity index (χ1) is 6.75. The Kier molecular flexibility index (Phi) is 2.41. The predicted molar refractivity (Wildman–Crippen MR) is 60.6 cm³/mol. The molecule has 0 saturated carbocycles. The van der Waals surface area contributed by atoms with Crippen LogP contribution in [0.15, 0.2) is 11.6 Å². The van der Waals surface area contributed by atoms with Crippen LogP contribution in [0.25, 0.3) is 0 Å². The van der Waals surface area contributed by atoms with E-state index in [4.69, 9.17) is 0 Å². The van der Waals surface area contributed by atoms with Crippen molar-refractivity contribution < 1.29 is 9.59 Å². The van der Waals surface area contributed by atoms with Crippen LogP contribution in [0.1, 0.15) is 26.2 Å². The number of hydrogen-bond donors (Lipinski definition) is 0. The van der Waals surface area contributed by atoms with Crippen LogP contribution in [0, 0.1) is 11.8 Å². The summed E-state index contributed by atoms with van der Waals surface area (Å²) in [4.78, 5) is 25.1. The molecule has 2 amide bonds. The monoisotopic (exact) mass is 225 g/mol. The number of piperidine rings is 1. The molecule has 2 fully saturated rings. The molecule has 2 bridgehead atoms. The van der Waals surface area contributed by atoms with E-state index in [0.717, 1.165) is 24.8 Å². The second-order valence-corrected chi connectivity index (χ2v) is 4.37. The highest BCUT2D eigenvalue weighted by Crippen LogP contribution is 2.49. The summed E-state index contributed by atoms with van der Waals surface area (Å²) >= 11 is 0. The molecule has 2 heterocycles. The Morgan fingerprint density at radius 3 is 2.87 bits per heavy atom. The average molecular weight is 225 g/mol. The summed E-state index contributed by atoms with van der Waals surface area (Å²) in [6.07, 6.45) is 4.92. The predicted octanol–water partition coefficient (Wildman–Crippen LogP) is 1.21. The summed E-state index contributed by atoms with van der Waals surface area (Å²) < 4.78 is 0. The molecule has 0 aromatic carbocycles. The van der Waals surface area contributed by atoms with Crippen molar-refractivity contribution in [1.82, 2.24) is 4.90 Å². The van der Waals surface area contributed by atoms with Crippen molar-refractivity contribution in [2.75, 3.05) is 0 Å². The first-order valence-electron chi connectivity index (χ1n) is 5.33. The third kappa shape index (κ3) is 1.08. The molecular formula is C11H15NO2S. The van der Waals surface area contributed by atoms with Gasteiger partial charge in [-0.1, -0.05) is 13.0 Å². The van der Waals surface area contributed by atoms with Crippen LogP contribution in [-0.2, 0) is 9.59 Å². The molecule has 3 rings (SSSR count). The Balaban J connectivity index is 0.000000853. The maximum Gasteiger partial charge on any atom is 0.257 e. The number of amides is 2. The smallest absolute Gasteiger partial charge is 0.257 e. The van der Waals surface area contributed by atoms with E-state index in [2.05, 4.69) is 6.92 Å². The molecule has 0 spiro atoms. The lowest BCUT2D eigenvalue weighted by molar-refractivity contribution is -0.138.